The molecule has 0 radical (unpaired) electrons. The Hall–Kier alpha value is -1.80. The first-order chi connectivity index (χ1) is 13.1. The molecule has 150 valence electrons. The van der Waals surface area contributed by atoms with Crippen molar-refractivity contribution >= 4 is 47.4 Å². The van der Waals surface area contributed by atoms with Crippen molar-refractivity contribution in [2.45, 2.75) is 19.5 Å². The van der Waals surface area contributed by atoms with E-state index in [2.05, 4.69) is 28.5 Å². The van der Waals surface area contributed by atoms with Gasteiger partial charge in [-0.1, -0.05) is 48.0 Å². The molecule has 1 aliphatic heterocycles. The molecule has 1 aliphatic rings. The van der Waals surface area contributed by atoms with Gasteiger partial charge in [0, 0.05) is 38.8 Å². The van der Waals surface area contributed by atoms with Crippen molar-refractivity contribution in [3.05, 3.63) is 70.2 Å². The van der Waals surface area contributed by atoms with Crippen LogP contribution in [0.3, 0.4) is 0 Å². The first kappa shape index (κ1) is 22.5. The molecule has 0 saturated heterocycles. The van der Waals surface area contributed by atoms with Crippen molar-refractivity contribution in [2.75, 3.05) is 27.2 Å². The standard InChI is InChI=1S/C21H25ClN4O.HI/c1-23-21(25(2)14-16-6-5-9-19(22)12-16)24-13-20(27)26-11-10-17-7-3-4-8-18(17)15-26;/h3-9,12H,10-11,13-15H2,1-2H3,(H,23,24);1H. The van der Waals surface area contributed by atoms with Crippen molar-refractivity contribution in [1.82, 2.24) is 15.1 Å². The molecule has 3 rings (SSSR count). The largest absolute Gasteiger partial charge is 0.347 e. The molecule has 2 aromatic rings. The van der Waals surface area contributed by atoms with Gasteiger partial charge in [-0.2, -0.15) is 0 Å². The zero-order valence-electron chi connectivity index (χ0n) is 16.2. The van der Waals surface area contributed by atoms with Crippen LogP contribution in [0.25, 0.3) is 0 Å². The van der Waals surface area contributed by atoms with Crippen LogP contribution < -0.4 is 5.32 Å². The Balaban J connectivity index is 0.00000280. The minimum Gasteiger partial charge on any atom is -0.347 e. The number of nitrogens with zero attached hydrogens (tertiary/aromatic N) is 3. The van der Waals surface area contributed by atoms with Crippen molar-refractivity contribution in [3.63, 3.8) is 0 Å². The number of carbonyl (C=O) groups excluding carboxylic acids is 1. The molecule has 7 heteroatoms. The molecular weight excluding hydrogens is 487 g/mol. The van der Waals surface area contributed by atoms with E-state index in [4.69, 9.17) is 11.6 Å². The third-order valence-corrected chi connectivity index (χ3v) is 5.00. The molecule has 0 aliphatic carbocycles. The highest BCUT2D eigenvalue weighted by molar-refractivity contribution is 14.0. The number of halogens is 2. The zero-order valence-corrected chi connectivity index (χ0v) is 19.3. The Morgan fingerprint density at radius 1 is 1.21 bits per heavy atom. The number of fused-ring (bicyclic) bond motifs is 1. The Morgan fingerprint density at radius 3 is 2.68 bits per heavy atom. The van der Waals surface area contributed by atoms with Gasteiger partial charge in [0.2, 0.25) is 5.91 Å². The molecule has 28 heavy (non-hydrogen) atoms. The molecule has 0 atom stereocenters. The van der Waals surface area contributed by atoms with Gasteiger partial charge in [-0.15, -0.1) is 24.0 Å². The summed E-state index contributed by atoms with van der Waals surface area (Å²) in [7, 11) is 3.66. The van der Waals surface area contributed by atoms with Gasteiger partial charge in [-0.25, -0.2) is 0 Å². The number of rotatable bonds is 4. The summed E-state index contributed by atoms with van der Waals surface area (Å²) < 4.78 is 0. The first-order valence-corrected chi connectivity index (χ1v) is 9.45. The van der Waals surface area contributed by atoms with E-state index in [0.717, 1.165) is 18.5 Å². The molecule has 0 aromatic heterocycles. The summed E-state index contributed by atoms with van der Waals surface area (Å²) >= 11 is 6.05. The number of benzene rings is 2. The topological polar surface area (TPSA) is 47.9 Å². The van der Waals surface area contributed by atoms with E-state index in [1.54, 1.807) is 7.05 Å². The van der Waals surface area contributed by atoms with E-state index in [9.17, 15) is 4.79 Å². The molecular formula is C21H26ClIN4O. The number of hydrogen-bond acceptors (Lipinski definition) is 2. The van der Waals surface area contributed by atoms with Crippen molar-refractivity contribution in [2.24, 2.45) is 4.99 Å². The fourth-order valence-electron chi connectivity index (χ4n) is 3.34. The Bertz CT molecular complexity index is 843. The van der Waals surface area contributed by atoms with Crippen LogP contribution in [0, 0.1) is 0 Å². The number of amides is 1. The SMILES string of the molecule is CN=C(NCC(=O)N1CCc2ccccc2C1)N(C)Cc1cccc(Cl)c1.I. The number of guanidine groups is 1. The zero-order chi connectivity index (χ0) is 19.2. The summed E-state index contributed by atoms with van der Waals surface area (Å²) in [5.74, 6) is 0.766. The number of carbonyl (C=O) groups is 1. The van der Waals surface area contributed by atoms with Crippen LogP contribution in [0.1, 0.15) is 16.7 Å². The second kappa shape index (κ2) is 10.7. The highest BCUT2D eigenvalue weighted by atomic mass is 127. The van der Waals surface area contributed by atoms with Gasteiger partial charge in [0.25, 0.3) is 0 Å². The molecule has 0 spiro atoms. The lowest BCUT2D eigenvalue weighted by molar-refractivity contribution is -0.130. The Labute approximate surface area is 188 Å². The van der Waals surface area contributed by atoms with Crippen LogP contribution in [-0.4, -0.2) is 48.9 Å². The van der Waals surface area contributed by atoms with Crippen molar-refractivity contribution in [1.29, 1.82) is 0 Å². The van der Waals surface area contributed by atoms with Crippen molar-refractivity contribution < 1.29 is 4.79 Å². The van der Waals surface area contributed by atoms with E-state index in [1.165, 1.54) is 11.1 Å². The Kier molecular flexibility index (Phi) is 8.57. The van der Waals surface area contributed by atoms with Gasteiger partial charge < -0.3 is 15.1 Å². The summed E-state index contributed by atoms with van der Waals surface area (Å²) in [6.45, 7) is 2.32. The maximum Gasteiger partial charge on any atom is 0.242 e. The van der Waals surface area contributed by atoms with E-state index in [1.807, 2.05) is 47.2 Å². The average Bonchev–Trinajstić information content (AvgIpc) is 2.68. The van der Waals surface area contributed by atoms with Crippen molar-refractivity contribution in [3.8, 4) is 0 Å². The van der Waals surface area contributed by atoms with E-state index < -0.39 is 0 Å². The van der Waals surface area contributed by atoms with Gasteiger partial charge in [0.05, 0.1) is 6.54 Å². The predicted octanol–water partition coefficient (Wildman–Crippen LogP) is 3.55. The van der Waals surface area contributed by atoms with Crippen LogP contribution in [0.2, 0.25) is 5.02 Å². The molecule has 0 unspecified atom stereocenters. The third-order valence-electron chi connectivity index (χ3n) is 4.76. The highest BCUT2D eigenvalue weighted by Gasteiger charge is 2.20. The molecule has 0 saturated carbocycles. The average molecular weight is 513 g/mol. The number of hydrogen-bond donors (Lipinski definition) is 1. The molecule has 1 amide bonds. The van der Waals surface area contributed by atoms with Gasteiger partial charge in [-0.05, 0) is 35.2 Å². The second-order valence-corrected chi connectivity index (χ2v) is 7.16. The predicted molar refractivity (Wildman–Crippen MR) is 125 cm³/mol. The molecule has 1 N–H and O–H groups in total. The minimum atomic E-state index is 0. The monoisotopic (exact) mass is 512 g/mol. The normalized spacial score (nSPS) is 13.4. The lowest BCUT2D eigenvalue weighted by Crippen LogP contribution is -2.46. The summed E-state index contributed by atoms with van der Waals surface area (Å²) in [5, 5.41) is 3.89. The fourth-order valence-corrected chi connectivity index (χ4v) is 3.56. The summed E-state index contributed by atoms with van der Waals surface area (Å²) in [5.41, 5.74) is 3.66. The van der Waals surface area contributed by atoms with Crippen LogP contribution in [0.5, 0.6) is 0 Å². The fraction of sp³-hybridized carbons (Fsp3) is 0.333. The summed E-state index contributed by atoms with van der Waals surface area (Å²) in [6, 6.07) is 16.1. The maximum atomic E-state index is 12.6. The molecule has 5 nitrogen and oxygen atoms in total. The van der Waals surface area contributed by atoms with E-state index in [-0.39, 0.29) is 36.4 Å². The van der Waals surface area contributed by atoms with E-state index in [0.29, 0.717) is 24.1 Å². The second-order valence-electron chi connectivity index (χ2n) is 6.72. The van der Waals surface area contributed by atoms with Gasteiger partial charge in [-0.3, -0.25) is 9.79 Å². The smallest absolute Gasteiger partial charge is 0.242 e. The molecule has 1 heterocycles. The van der Waals surface area contributed by atoms with Gasteiger partial charge >= 0.3 is 0 Å². The van der Waals surface area contributed by atoms with Gasteiger partial charge in [0.1, 0.15) is 0 Å². The first-order valence-electron chi connectivity index (χ1n) is 9.07. The van der Waals surface area contributed by atoms with Crippen LogP contribution in [0.15, 0.2) is 53.5 Å². The third kappa shape index (κ3) is 5.85. The van der Waals surface area contributed by atoms with Gasteiger partial charge in [0.15, 0.2) is 5.96 Å². The molecule has 2 aromatic carbocycles. The summed E-state index contributed by atoms with van der Waals surface area (Å²) in [6.07, 6.45) is 0.908. The Morgan fingerprint density at radius 2 is 1.96 bits per heavy atom. The van der Waals surface area contributed by atoms with Crippen LogP contribution in [0.4, 0.5) is 0 Å². The van der Waals surface area contributed by atoms with E-state index >= 15 is 0 Å². The summed E-state index contributed by atoms with van der Waals surface area (Å²) in [4.78, 5) is 20.8. The van der Waals surface area contributed by atoms with Crippen LogP contribution >= 0.6 is 35.6 Å². The number of nitrogens with one attached hydrogen (secondary N) is 1. The highest BCUT2D eigenvalue weighted by Crippen LogP contribution is 2.18. The quantitative estimate of drug-likeness (QED) is 0.387. The minimum absolute atomic E-state index is 0. The molecule has 0 fully saturated rings. The maximum absolute atomic E-state index is 12.6. The lowest BCUT2D eigenvalue weighted by Gasteiger charge is -2.29. The number of aliphatic imine (C=N–C) groups is 1. The molecule has 0 bridgehead atoms. The lowest BCUT2D eigenvalue weighted by atomic mass is 10.00. The van der Waals surface area contributed by atoms with Crippen LogP contribution in [-0.2, 0) is 24.3 Å².